The van der Waals surface area contributed by atoms with Crippen LogP contribution in [0, 0.1) is 0 Å². The highest BCUT2D eigenvalue weighted by molar-refractivity contribution is 7.14. The molecule has 1 aromatic heterocycles. The van der Waals surface area contributed by atoms with Gasteiger partial charge in [-0.05, 0) is 35.6 Å². The van der Waals surface area contributed by atoms with E-state index in [1.807, 2.05) is 41.8 Å². The van der Waals surface area contributed by atoms with Gasteiger partial charge < -0.3 is 4.74 Å². The van der Waals surface area contributed by atoms with Crippen LogP contribution < -0.4 is 4.90 Å². The predicted molar refractivity (Wildman–Crippen MR) is 126 cm³/mol. The van der Waals surface area contributed by atoms with Crippen LogP contribution in [0.2, 0.25) is 0 Å². The van der Waals surface area contributed by atoms with Crippen molar-refractivity contribution < 1.29 is 14.3 Å². The lowest BCUT2D eigenvalue weighted by molar-refractivity contribution is -0.148. The summed E-state index contributed by atoms with van der Waals surface area (Å²) in [5.41, 5.74) is 5.18. The van der Waals surface area contributed by atoms with Crippen molar-refractivity contribution in [2.75, 3.05) is 12.0 Å². The van der Waals surface area contributed by atoms with Gasteiger partial charge in [0.2, 0.25) is 5.91 Å². The summed E-state index contributed by atoms with van der Waals surface area (Å²) in [5.74, 6) is -0.316. The second-order valence-corrected chi connectivity index (χ2v) is 8.71. The van der Waals surface area contributed by atoms with Crippen LogP contribution in [0.5, 0.6) is 0 Å². The highest BCUT2D eigenvalue weighted by Crippen LogP contribution is 2.33. The van der Waals surface area contributed by atoms with Crippen LogP contribution in [0.4, 0.5) is 10.8 Å². The molecule has 3 aromatic rings. The fraction of sp³-hybridized carbons (Fsp3) is 0.320. The molecule has 0 radical (unpaired) electrons. The summed E-state index contributed by atoms with van der Waals surface area (Å²) in [6, 6.07) is 15.7. The normalized spacial score (nSPS) is 15.8. The third-order valence-electron chi connectivity index (χ3n) is 5.84. The first kappa shape index (κ1) is 22.2. The van der Waals surface area contributed by atoms with Gasteiger partial charge >= 0.3 is 5.97 Å². The number of anilines is 2. The van der Waals surface area contributed by atoms with E-state index in [1.54, 1.807) is 11.8 Å². The lowest BCUT2D eigenvalue weighted by Gasteiger charge is -2.34. The van der Waals surface area contributed by atoms with Crippen LogP contribution in [-0.4, -0.2) is 34.9 Å². The maximum absolute atomic E-state index is 12.6. The lowest BCUT2D eigenvalue weighted by Crippen LogP contribution is -2.45. The molecule has 166 valence electrons. The highest BCUT2D eigenvalue weighted by atomic mass is 32.1. The van der Waals surface area contributed by atoms with Crippen LogP contribution in [-0.2, 0) is 40.3 Å². The molecule has 1 amide bonds. The zero-order valence-electron chi connectivity index (χ0n) is 18.6. The largest absolute Gasteiger partial charge is 0.468 e. The maximum Gasteiger partial charge on any atom is 0.323 e. The zero-order valence-corrected chi connectivity index (χ0v) is 19.4. The molecule has 1 atom stereocenters. The first-order valence-corrected chi connectivity index (χ1v) is 11.6. The molecule has 0 N–H and O–H groups in total. The molecule has 0 aliphatic carbocycles. The molecule has 2 aromatic carbocycles. The van der Waals surface area contributed by atoms with Gasteiger partial charge in [-0.15, -0.1) is 11.3 Å². The molecule has 1 aliphatic heterocycles. The van der Waals surface area contributed by atoms with Gasteiger partial charge in [0.05, 0.1) is 18.5 Å². The van der Waals surface area contributed by atoms with Crippen molar-refractivity contribution in [1.29, 1.82) is 0 Å². The van der Waals surface area contributed by atoms with E-state index in [0.29, 0.717) is 24.6 Å². The summed E-state index contributed by atoms with van der Waals surface area (Å²) in [4.78, 5) is 33.6. The number of rotatable bonds is 6. The molecule has 1 aliphatic rings. The van der Waals surface area contributed by atoms with Gasteiger partial charge in [-0.2, -0.15) is 0 Å². The quantitative estimate of drug-likeness (QED) is 0.519. The van der Waals surface area contributed by atoms with E-state index < -0.39 is 0 Å². The Morgan fingerprint density at radius 3 is 2.59 bits per heavy atom. The minimum Gasteiger partial charge on any atom is -0.468 e. The Labute approximate surface area is 192 Å². The Balaban J connectivity index is 1.61. The van der Waals surface area contributed by atoms with E-state index in [4.69, 9.17) is 9.72 Å². The van der Waals surface area contributed by atoms with Gasteiger partial charge in [-0.3, -0.25) is 19.4 Å². The average Bonchev–Trinajstić information content (AvgIpc) is 3.26. The topological polar surface area (TPSA) is 62.7 Å². The van der Waals surface area contributed by atoms with Gasteiger partial charge in [0.1, 0.15) is 6.04 Å². The van der Waals surface area contributed by atoms with Crippen molar-refractivity contribution >= 4 is 34.0 Å². The number of fused-ring (bicyclic) bond motifs is 1. The summed E-state index contributed by atoms with van der Waals surface area (Å²) in [5, 5.41) is 2.61. The summed E-state index contributed by atoms with van der Waals surface area (Å²) >= 11 is 1.44. The van der Waals surface area contributed by atoms with Crippen LogP contribution in [0.25, 0.3) is 0 Å². The van der Waals surface area contributed by atoms with E-state index in [9.17, 15) is 9.59 Å². The van der Waals surface area contributed by atoms with Crippen molar-refractivity contribution in [3.63, 3.8) is 0 Å². The van der Waals surface area contributed by atoms with Gasteiger partial charge in [0.15, 0.2) is 5.13 Å². The highest BCUT2D eigenvalue weighted by Gasteiger charge is 2.33. The lowest BCUT2D eigenvalue weighted by atomic mass is 9.94. The van der Waals surface area contributed by atoms with E-state index in [-0.39, 0.29) is 17.9 Å². The smallest absolute Gasteiger partial charge is 0.323 e. The third kappa shape index (κ3) is 4.45. The van der Waals surface area contributed by atoms with E-state index in [1.165, 1.54) is 29.6 Å². The van der Waals surface area contributed by atoms with Crippen LogP contribution in [0.3, 0.4) is 0 Å². The standard InChI is InChI=1S/C25H27N3O3S/c1-4-18-9-7-8-12-22(18)28(17(2)29)25-26-21(16-32-25)15-27-14-20-11-6-5-10-19(20)13-23(27)24(30)31-3/h5-12,16,23H,4,13-15H2,1-3H3. The van der Waals surface area contributed by atoms with Crippen molar-refractivity contribution in [1.82, 2.24) is 9.88 Å². The summed E-state index contributed by atoms with van der Waals surface area (Å²) < 4.78 is 5.08. The van der Waals surface area contributed by atoms with Crippen molar-refractivity contribution in [2.24, 2.45) is 0 Å². The number of hydrogen-bond donors (Lipinski definition) is 0. The number of carbonyl (C=O) groups excluding carboxylic acids is 2. The molecule has 0 fully saturated rings. The van der Waals surface area contributed by atoms with E-state index in [2.05, 4.69) is 24.0 Å². The Morgan fingerprint density at radius 1 is 1.16 bits per heavy atom. The molecular formula is C25H27N3O3S. The molecule has 4 rings (SSSR count). The fourth-order valence-electron chi connectivity index (χ4n) is 4.23. The Bertz CT molecular complexity index is 1130. The number of para-hydroxylation sites is 1. The SMILES string of the molecule is CCc1ccccc1N(C(C)=O)c1nc(CN2Cc3ccccc3CC2C(=O)OC)cs1. The predicted octanol–water partition coefficient (Wildman–Crippen LogP) is 4.49. The van der Waals surface area contributed by atoms with E-state index in [0.717, 1.165) is 23.4 Å². The third-order valence-corrected chi connectivity index (χ3v) is 6.72. The first-order chi connectivity index (χ1) is 15.5. The number of benzene rings is 2. The van der Waals surface area contributed by atoms with Crippen molar-refractivity contribution in [2.45, 2.75) is 45.8 Å². The van der Waals surface area contributed by atoms with Crippen molar-refractivity contribution in [3.05, 3.63) is 76.3 Å². The van der Waals surface area contributed by atoms with Crippen LogP contribution >= 0.6 is 11.3 Å². The Kier molecular flexibility index (Phi) is 6.67. The number of aromatic nitrogens is 1. The molecule has 6 nitrogen and oxygen atoms in total. The number of ether oxygens (including phenoxy) is 1. The maximum atomic E-state index is 12.6. The second-order valence-electron chi connectivity index (χ2n) is 7.87. The number of thiazole rings is 1. The number of amides is 1. The van der Waals surface area contributed by atoms with Crippen LogP contribution in [0.15, 0.2) is 53.9 Å². The number of esters is 1. The molecule has 32 heavy (non-hydrogen) atoms. The molecule has 0 spiro atoms. The number of hydrogen-bond acceptors (Lipinski definition) is 6. The van der Waals surface area contributed by atoms with Crippen LogP contribution in [0.1, 0.15) is 36.2 Å². The van der Waals surface area contributed by atoms with Gasteiger partial charge in [0.25, 0.3) is 0 Å². The molecule has 7 heteroatoms. The van der Waals surface area contributed by atoms with Gasteiger partial charge in [-0.25, -0.2) is 4.98 Å². The molecular weight excluding hydrogens is 422 g/mol. The first-order valence-electron chi connectivity index (χ1n) is 10.7. The Morgan fingerprint density at radius 2 is 1.88 bits per heavy atom. The summed E-state index contributed by atoms with van der Waals surface area (Å²) in [7, 11) is 1.43. The van der Waals surface area contributed by atoms with Gasteiger partial charge in [-0.1, -0.05) is 49.4 Å². The number of aryl methyl sites for hydroxylation is 1. The number of nitrogens with zero attached hydrogens (tertiary/aromatic N) is 3. The summed E-state index contributed by atoms with van der Waals surface area (Å²) in [6.07, 6.45) is 1.44. The molecule has 0 saturated heterocycles. The molecule has 0 saturated carbocycles. The molecule has 2 heterocycles. The average molecular weight is 450 g/mol. The minimum absolute atomic E-state index is 0.0777. The van der Waals surface area contributed by atoms with Crippen molar-refractivity contribution in [3.8, 4) is 0 Å². The monoisotopic (exact) mass is 449 g/mol. The fourth-order valence-corrected chi connectivity index (χ4v) is 5.10. The zero-order chi connectivity index (χ0) is 22.7. The number of methoxy groups -OCH3 is 1. The second kappa shape index (κ2) is 9.63. The van der Waals surface area contributed by atoms with E-state index >= 15 is 0 Å². The summed E-state index contributed by atoms with van der Waals surface area (Å²) in [6.45, 7) is 4.79. The minimum atomic E-state index is -0.357. The number of carbonyl (C=O) groups is 2. The molecule has 1 unspecified atom stereocenters. The molecule has 0 bridgehead atoms. The van der Waals surface area contributed by atoms with Gasteiger partial charge in [0, 0.05) is 25.4 Å². The Hall–Kier alpha value is -3.03.